The van der Waals surface area contributed by atoms with Crippen molar-refractivity contribution in [3.8, 4) is 0 Å². The highest BCUT2D eigenvalue weighted by molar-refractivity contribution is 7.80. The van der Waals surface area contributed by atoms with E-state index >= 15 is 0 Å². The molecule has 2 rings (SSSR count). The maximum absolute atomic E-state index is 4.40. The lowest BCUT2D eigenvalue weighted by Crippen LogP contribution is -1.75. The Morgan fingerprint density at radius 3 is 2.83 bits per heavy atom. The zero-order valence-electron chi connectivity index (χ0n) is 6.96. The van der Waals surface area contributed by atoms with Crippen molar-refractivity contribution in [2.24, 2.45) is 0 Å². The first-order valence-electron chi connectivity index (χ1n) is 3.73. The third-order valence-corrected chi connectivity index (χ3v) is 3.23. The van der Waals surface area contributed by atoms with Crippen LogP contribution in [-0.4, -0.2) is 4.98 Å². The molecule has 2 aromatic rings. The minimum absolute atomic E-state index is 1.05. The number of hydrogen-bond acceptors (Lipinski definition) is 3. The molecule has 1 aromatic heterocycles. The van der Waals surface area contributed by atoms with Gasteiger partial charge in [-0.3, -0.25) is 0 Å². The zero-order valence-corrected chi connectivity index (χ0v) is 8.67. The molecule has 0 aliphatic rings. The van der Waals surface area contributed by atoms with Gasteiger partial charge >= 0.3 is 0 Å². The molecule has 62 valence electrons. The Morgan fingerprint density at radius 2 is 2.08 bits per heavy atom. The van der Waals surface area contributed by atoms with Crippen molar-refractivity contribution in [2.75, 3.05) is 0 Å². The first kappa shape index (κ1) is 8.08. The number of fused-ring (bicyclic) bond motifs is 1. The molecule has 0 fully saturated rings. The normalized spacial score (nSPS) is 10.9. The molecule has 0 aliphatic heterocycles. The number of aromatic nitrogens is 1. The van der Waals surface area contributed by atoms with Crippen LogP contribution in [0.2, 0.25) is 0 Å². The summed E-state index contributed by atoms with van der Waals surface area (Å²) in [7, 11) is 0. The van der Waals surface area contributed by atoms with Crippen molar-refractivity contribution in [1.82, 2.24) is 4.98 Å². The highest BCUT2D eigenvalue weighted by Crippen LogP contribution is 2.26. The van der Waals surface area contributed by atoms with Gasteiger partial charge in [0.1, 0.15) is 0 Å². The van der Waals surface area contributed by atoms with E-state index in [1.165, 1.54) is 10.3 Å². The molecule has 0 saturated heterocycles. The largest absolute Gasteiger partial charge is 0.242 e. The van der Waals surface area contributed by atoms with Gasteiger partial charge in [0.05, 0.1) is 15.2 Å². The zero-order chi connectivity index (χ0) is 8.72. The molecule has 0 bridgehead atoms. The smallest absolute Gasteiger partial charge is 0.0907 e. The molecule has 12 heavy (non-hydrogen) atoms. The van der Waals surface area contributed by atoms with Crippen LogP contribution >= 0.6 is 24.0 Å². The molecule has 0 saturated carbocycles. The maximum atomic E-state index is 4.40. The second-order valence-corrected chi connectivity index (χ2v) is 4.56. The van der Waals surface area contributed by atoms with Crippen LogP contribution < -0.4 is 0 Å². The average Bonchev–Trinajstić information content (AvgIpc) is 2.30. The summed E-state index contributed by atoms with van der Waals surface area (Å²) in [5, 5.41) is 1.11. The van der Waals surface area contributed by atoms with E-state index in [0.29, 0.717) is 0 Å². The molecule has 0 spiro atoms. The van der Waals surface area contributed by atoms with E-state index in [9.17, 15) is 0 Å². The summed E-state index contributed by atoms with van der Waals surface area (Å²) in [6, 6.07) is 4.17. The molecule has 0 unspecified atom stereocenters. The lowest BCUT2D eigenvalue weighted by molar-refractivity contribution is 1.30. The van der Waals surface area contributed by atoms with Crippen LogP contribution in [0.5, 0.6) is 0 Å². The molecule has 1 heterocycles. The van der Waals surface area contributed by atoms with E-state index < -0.39 is 0 Å². The van der Waals surface area contributed by atoms with Gasteiger partial charge in [0.2, 0.25) is 0 Å². The number of nitrogens with zero attached hydrogens (tertiary/aromatic N) is 1. The topological polar surface area (TPSA) is 12.9 Å². The van der Waals surface area contributed by atoms with E-state index in [4.69, 9.17) is 0 Å². The van der Waals surface area contributed by atoms with Crippen molar-refractivity contribution in [3.63, 3.8) is 0 Å². The Bertz CT molecular complexity index is 392. The summed E-state index contributed by atoms with van der Waals surface area (Å²) in [6.45, 7) is 4.08. The van der Waals surface area contributed by atoms with Crippen molar-refractivity contribution in [2.45, 2.75) is 18.7 Å². The van der Waals surface area contributed by atoms with Gasteiger partial charge in [-0.15, -0.1) is 24.0 Å². The molecule has 0 aliphatic carbocycles. The van der Waals surface area contributed by atoms with Crippen LogP contribution in [0.3, 0.4) is 0 Å². The summed E-state index contributed by atoms with van der Waals surface area (Å²) >= 11 is 6.08. The monoisotopic (exact) mass is 195 g/mol. The SMILES string of the molecule is Cc1nc2cc(C)c(S)cc2s1. The van der Waals surface area contributed by atoms with Crippen molar-refractivity contribution >= 4 is 34.2 Å². The van der Waals surface area contributed by atoms with Crippen molar-refractivity contribution < 1.29 is 0 Å². The van der Waals surface area contributed by atoms with E-state index in [-0.39, 0.29) is 0 Å². The van der Waals surface area contributed by atoms with E-state index in [1.807, 2.05) is 6.92 Å². The molecule has 1 nitrogen and oxygen atoms in total. The fraction of sp³-hybridized carbons (Fsp3) is 0.222. The number of hydrogen-bond donors (Lipinski definition) is 1. The number of thiazole rings is 1. The number of rotatable bonds is 0. The predicted octanol–water partition coefficient (Wildman–Crippen LogP) is 3.20. The standard InChI is InChI=1S/C9H9NS2/c1-5-3-7-9(4-8(5)11)12-6(2)10-7/h3-4,11H,1-2H3. The predicted molar refractivity (Wildman–Crippen MR) is 56.3 cm³/mol. The maximum Gasteiger partial charge on any atom is 0.0907 e. The minimum Gasteiger partial charge on any atom is -0.242 e. The highest BCUT2D eigenvalue weighted by atomic mass is 32.1. The van der Waals surface area contributed by atoms with Crippen LogP contribution in [0.15, 0.2) is 17.0 Å². The summed E-state index contributed by atoms with van der Waals surface area (Å²) in [5.74, 6) is 0. The summed E-state index contributed by atoms with van der Waals surface area (Å²) in [5.41, 5.74) is 2.28. The molecular weight excluding hydrogens is 186 g/mol. The summed E-state index contributed by atoms with van der Waals surface area (Å²) in [4.78, 5) is 5.45. The fourth-order valence-corrected chi connectivity index (χ4v) is 2.31. The van der Waals surface area contributed by atoms with Crippen molar-refractivity contribution in [3.05, 3.63) is 22.7 Å². The number of aryl methyl sites for hydroxylation is 2. The van der Waals surface area contributed by atoms with Crippen LogP contribution in [-0.2, 0) is 0 Å². The van der Waals surface area contributed by atoms with E-state index in [2.05, 4.69) is 36.7 Å². The first-order valence-corrected chi connectivity index (χ1v) is 5.00. The van der Waals surface area contributed by atoms with Gasteiger partial charge < -0.3 is 0 Å². The Labute approximate surface area is 80.9 Å². The van der Waals surface area contributed by atoms with Crippen LogP contribution in [0, 0.1) is 13.8 Å². The molecule has 3 heteroatoms. The Balaban J connectivity index is 2.83. The Hall–Kier alpha value is -0.540. The van der Waals surface area contributed by atoms with Crippen LogP contribution in [0.25, 0.3) is 10.2 Å². The lowest BCUT2D eigenvalue weighted by atomic mass is 10.2. The van der Waals surface area contributed by atoms with E-state index in [1.54, 1.807) is 11.3 Å². The van der Waals surface area contributed by atoms with Gasteiger partial charge in [-0.1, -0.05) is 0 Å². The van der Waals surface area contributed by atoms with Gasteiger partial charge in [0.15, 0.2) is 0 Å². The average molecular weight is 195 g/mol. The number of benzene rings is 1. The molecule has 0 atom stereocenters. The Morgan fingerprint density at radius 1 is 1.33 bits per heavy atom. The van der Waals surface area contributed by atoms with Gasteiger partial charge in [-0.2, -0.15) is 0 Å². The third kappa shape index (κ3) is 1.23. The quantitative estimate of drug-likeness (QED) is 0.637. The molecule has 0 N–H and O–H groups in total. The molecule has 0 amide bonds. The van der Waals surface area contributed by atoms with Gasteiger partial charge in [-0.05, 0) is 31.5 Å². The fourth-order valence-electron chi connectivity index (χ4n) is 1.18. The van der Waals surface area contributed by atoms with Gasteiger partial charge in [0, 0.05) is 4.90 Å². The lowest BCUT2D eigenvalue weighted by Gasteiger charge is -1.96. The van der Waals surface area contributed by atoms with E-state index in [0.717, 1.165) is 15.4 Å². The second-order valence-electron chi connectivity index (χ2n) is 2.84. The first-order chi connectivity index (χ1) is 5.66. The summed E-state index contributed by atoms with van der Waals surface area (Å²) in [6.07, 6.45) is 0. The molecular formula is C9H9NS2. The molecule has 1 aromatic carbocycles. The van der Waals surface area contributed by atoms with Crippen LogP contribution in [0.4, 0.5) is 0 Å². The third-order valence-electron chi connectivity index (χ3n) is 1.81. The Kier molecular flexibility index (Phi) is 1.85. The van der Waals surface area contributed by atoms with Gasteiger partial charge in [-0.25, -0.2) is 4.98 Å². The number of thiol groups is 1. The van der Waals surface area contributed by atoms with Crippen LogP contribution in [0.1, 0.15) is 10.6 Å². The highest BCUT2D eigenvalue weighted by Gasteiger charge is 2.02. The van der Waals surface area contributed by atoms with Gasteiger partial charge in [0.25, 0.3) is 0 Å². The second kappa shape index (κ2) is 2.75. The summed E-state index contributed by atoms with van der Waals surface area (Å²) < 4.78 is 1.23. The minimum atomic E-state index is 1.05. The van der Waals surface area contributed by atoms with Crippen molar-refractivity contribution in [1.29, 1.82) is 0 Å². The molecule has 0 radical (unpaired) electrons.